The predicted octanol–water partition coefficient (Wildman–Crippen LogP) is 7.73. The molecular weight excluding hydrogens is 376 g/mol. The second-order valence-corrected chi connectivity index (χ2v) is 9.24. The van der Waals surface area contributed by atoms with Crippen molar-refractivity contribution in [1.29, 1.82) is 0 Å². The van der Waals surface area contributed by atoms with Crippen molar-refractivity contribution in [2.45, 2.75) is 52.5 Å². The number of hydrazone groups is 1. The van der Waals surface area contributed by atoms with Gasteiger partial charge in [0.05, 0.1) is 17.4 Å². The molecule has 0 bridgehead atoms. The summed E-state index contributed by atoms with van der Waals surface area (Å²) < 4.78 is 0. The standard InChI is InChI=1S/C26H29ClN2/c1-19-8-7-17-26(2,3)24(19)16-15-22-18-25(20-11-13-21(27)14-12-20)29(28-22)23-9-5-4-6-10-23/h4-6,9-16,25H,7-8,17-18H2,1-3H3/b16-15+. The Bertz CT molecular complexity index is 952. The van der Waals surface area contributed by atoms with Gasteiger partial charge in [0.25, 0.3) is 0 Å². The molecule has 2 nitrogen and oxygen atoms in total. The Morgan fingerprint density at radius 1 is 1.03 bits per heavy atom. The van der Waals surface area contributed by atoms with Gasteiger partial charge < -0.3 is 0 Å². The summed E-state index contributed by atoms with van der Waals surface area (Å²) in [6.07, 6.45) is 9.19. The van der Waals surface area contributed by atoms with Crippen molar-refractivity contribution < 1.29 is 0 Å². The zero-order valence-electron chi connectivity index (χ0n) is 17.5. The zero-order valence-corrected chi connectivity index (χ0v) is 18.3. The van der Waals surface area contributed by atoms with E-state index in [-0.39, 0.29) is 11.5 Å². The first-order chi connectivity index (χ1) is 13.9. The summed E-state index contributed by atoms with van der Waals surface area (Å²) in [6, 6.07) is 18.8. The average molecular weight is 405 g/mol. The quantitative estimate of drug-likeness (QED) is 0.508. The Hall–Kier alpha value is -2.32. The topological polar surface area (TPSA) is 15.6 Å². The highest BCUT2D eigenvalue weighted by molar-refractivity contribution is 6.30. The monoisotopic (exact) mass is 404 g/mol. The third-order valence-corrected chi connectivity index (χ3v) is 6.45. The van der Waals surface area contributed by atoms with Crippen LogP contribution in [0.5, 0.6) is 0 Å². The van der Waals surface area contributed by atoms with Crippen molar-refractivity contribution in [3.63, 3.8) is 0 Å². The Labute approximate surface area is 179 Å². The lowest BCUT2D eigenvalue weighted by Gasteiger charge is -2.32. The van der Waals surface area contributed by atoms with E-state index in [9.17, 15) is 0 Å². The number of anilines is 1. The van der Waals surface area contributed by atoms with Gasteiger partial charge in [-0.3, -0.25) is 5.01 Å². The fourth-order valence-electron chi connectivity index (χ4n) is 4.59. The van der Waals surface area contributed by atoms with Crippen molar-refractivity contribution in [2.24, 2.45) is 10.5 Å². The summed E-state index contributed by atoms with van der Waals surface area (Å²) in [6.45, 7) is 7.00. The van der Waals surface area contributed by atoms with Crippen molar-refractivity contribution in [3.05, 3.63) is 88.5 Å². The molecule has 2 aliphatic rings. The smallest absolute Gasteiger partial charge is 0.0831 e. The largest absolute Gasteiger partial charge is 0.257 e. The van der Waals surface area contributed by atoms with Gasteiger partial charge >= 0.3 is 0 Å². The highest BCUT2D eigenvalue weighted by Crippen LogP contribution is 2.41. The predicted molar refractivity (Wildman–Crippen MR) is 125 cm³/mol. The third kappa shape index (κ3) is 4.33. The molecule has 1 unspecified atom stereocenters. The van der Waals surface area contributed by atoms with Crippen LogP contribution in [0.2, 0.25) is 5.02 Å². The fraction of sp³-hybridized carbons (Fsp3) is 0.346. The minimum Gasteiger partial charge on any atom is -0.257 e. The van der Waals surface area contributed by atoms with Crippen LogP contribution in [0, 0.1) is 5.41 Å². The SMILES string of the molecule is CC1=C(/C=C/C2=NN(c3ccccc3)C(c3ccc(Cl)cc3)C2)C(C)(C)CCC1. The molecule has 3 heteroatoms. The van der Waals surface area contributed by atoms with Gasteiger partial charge in [-0.05, 0) is 73.1 Å². The molecule has 0 radical (unpaired) electrons. The number of rotatable bonds is 4. The molecule has 150 valence electrons. The number of hydrogen-bond acceptors (Lipinski definition) is 2. The summed E-state index contributed by atoms with van der Waals surface area (Å²) in [5.41, 5.74) is 6.71. The number of allylic oxidation sites excluding steroid dienone is 4. The molecule has 29 heavy (non-hydrogen) atoms. The fourth-order valence-corrected chi connectivity index (χ4v) is 4.71. The summed E-state index contributed by atoms with van der Waals surface area (Å²) in [5.74, 6) is 0. The lowest BCUT2D eigenvalue weighted by molar-refractivity contribution is 0.377. The van der Waals surface area contributed by atoms with E-state index in [4.69, 9.17) is 16.7 Å². The van der Waals surface area contributed by atoms with Gasteiger partial charge in [0.15, 0.2) is 0 Å². The molecule has 0 saturated heterocycles. The van der Waals surface area contributed by atoms with E-state index >= 15 is 0 Å². The van der Waals surface area contributed by atoms with Crippen LogP contribution in [0.4, 0.5) is 5.69 Å². The van der Waals surface area contributed by atoms with Crippen LogP contribution in [0.1, 0.15) is 58.1 Å². The minimum absolute atomic E-state index is 0.184. The summed E-state index contributed by atoms with van der Waals surface area (Å²) >= 11 is 6.12. The molecule has 2 aromatic carbocycles. The van der Waals surface area contributed by atoms with Crippen LogP contribution >= 0.6 is 11.6 Å². The molecule has 1 aliphatic carbocycles. The molecule has 4 rings (SSSR count). The zero-order chi connectivity index (χ0) is 20.4. The molecule has 1 aliphatic heterocycles. The molecule has 1 atom stereocenters. The molecule has 0 fully saturated rings. The van der Waals surface area contributed by atoms with Crippen molar-refractivity contribution >= 4 is 23.0 Å². The first-order valence-electron chi connectivity index (χ1n) is 10.5. The molecule has 0 aromatic heterocycles. The van der Waals surface area contributed by atoms with Gasteiger partial charge in [-0.25, -0.2) is 0 Å². The van der Waals surface area contributed by atoms with Gasteiger partial charge in [0, 0.05) is 11.4 Å². The Morgan fingerprint density at radius 3 is 2.45 bits per heavy atom. The number of benzene rings is 2. The highest BCUT2D eigenvalue weighted by atomic mass is 35.5. The summed E-state index contributed by atoms with van der Waals surface area (Å²) in [4.78, 5) is 0. The van der Waals surface area contributed by atoms with Crippen molar-refractivity contribution in [3.8, 4) is 0 Å². The Balaban J connectivity index is 1.65. The van der Waals surface area contributed by atoms with E-state index in [1.165, 1.54) is 36.0 Å². The molecule has 0 N–H and O–H groups in total. The van der Waals surface area contributed by atoms with Gasteiger partial charge in [0.1, 0.15) is 0 Å². The van der Waals surface area contributed by atoms with Crippen LogP contribution in [0.15, 0.2) is 83.0 Å². The second kappa shape index (κ2) is 8.20. The normalized spacial score (nSPS) is 21.7. The molecule has 0 saturated carbocycles. The number of nitrogens with zero attached hydrogens (tertiary/aromatic N) is 2. The Morgan fingerprint density at radius 2 is 1.76 bits per heavy atom. The summed E-state index contributed by atoms with van der Waals surface area (Å²) in [5, 5.41) is 7.92. The molecular formula is C26H29ClN2. The van der Waals surface area contributed by atoms with Crippen molar-refractivity contribution in [2.75, 3.05) is 5.01 Å². The van der Waals surface area contributed by atoms with E-state index in [2.05, 4.69) is 74.3 Å². The average Bonchev–Trinajstić information content (AvgIpc) is 3.12. The van der Waals surface area contributed by atoms with Crippen LogP contribution in [0.3, 0.4) is 0 Å². The van der Waals surface area contributed by atoms with E-state index in [1.54, 1.807) is 0 Å². The van der Waals surface area contributed by atoms with E-state index < -0.39 is 0 Å². The van der Waals surface area contributed by atoms with Crippen LogP contribution in [-0.2, 0) is 0 Å². The first kappa shape index (κ1) is 20.0. The maximum absolute atomic E-state index is 6.12. The van der Waals surface area contributed by atoms with E-state index in [0.717, 1.165) is 22.8 Å². The van der Waals surface area contributed by atoms with Gasteiger partial charge in [0.2, 0.25) is 0 Å². The third-order valence-electron chi connectivity index (χ3n) is 6.19. The summed E-state index contributed by atoms with van der Waals surface area (Å²) in [7, 11) is 0. The van der Waals surface area contributed by atoms with Crippen LogP contribution in [-0.4, -0.2) is 5.71 Å². The van der Waals surface area contributed by atoms with Crippen molar-refractivity contribution in [1.82, 2.24) is 0 Å². The van der Waals surface area contributed by atoms with Gasteiger partial charge in [-0.1, -0.05) is 67.4 Å². The maximum atomic E-state index is 6.12. The Kier molecular flexibility index (Phi) is 5.65. The van der Waals surface area contributed by atoms with E-state index in [1.807, 2.05) is 18.2 Å². The molecule has 0 amide bonds. The van der Waals surface area contributed by atoms with E-state index in [0.29, 0.717) is 0 Å². The second-order valence-electron chi connectivity index (χ2n) is 8.81. The lowest BCUT2D eigenvalue weighted by Crippen LogP contribution is -2.19. The minimum atomic E-state index is 0.184. The van der Waals surface area contributed by atoms with Gasteiger partial charge in [-0.15, -0.1) is 0 Å². The van der Waals surface area contributed by atoms with Crippen LogP contribution < -0.4 is 5.01 Å². The highest BCUT2D eigenvalue weighted by Gasteiger charge is 2.30. The number of para-hydroxylation sites is 1. The number of halogens is 1. The number of hydrogen-bond donors (Lipinski definition) is 0. The van der Waals surface area contributed by atoms with Gasteiger partial charge in [-0.2, -0.15) is 5.10 Å². The molecule has 0 spiro atoms. The van der Waals surface area contributed by atoms with Crippen LogP contribution in [0.25, 0.3) is 0 Å². The molecule has 2 aromatic rings. The first-order valence-corrected chi connectivity index (χ1v) is 10.9. The molecule has 1 heterocycles. The lowest BCUT2D eigenvalue weighted by atomic mass is 9.72. The maximum Gasteiger partial charge on any atom is 0.0831 e.